The summed E-state index contributed by atoms with van der Waals surface area (Å²) in [5.74, 6) is -1.50. The maximum absolute atomic E-state index is 12.4. The summed E-state index contributed by atoms with van der Waals surface area (Å²) >= 11 is 1.39. The number of imide groups is 1. The van der Waals surface area contributed by atoms with Crippen LogP contribution in [0.5, 0.6) is 0 Å². The average Bonchev–Trinajstić information content (AvgIpc) is 3.10. The van der Waals surface area contributed by atoms with Crippen LogP contribution < -0.4 is 5.32 Å². The minimum absolute atomic E-state index is 0.240. The van der Waals surface area contributed by atoms with E-state index < -0.39 is 5.91 Å². The number of likely N-dealkylation sites (tertiary alicyclic amines) is 1. The SMILES string of the molecule is Cc1cc(C)c2nc(NC(=O)CN3C(=O)C4CC=CCC4C3=O)sc2c1. The number of carbonyl (C=O) groups is 3. The zero-order valence-corrected chi connectivity index (χ0v) is 15.4. The van der Waals surface area contributed by atoms with Crippen LogP contribution in [0.2, 0.25) is 0 Å². The highest BCUT2D eigenvalue weighted by Gasteiger charge is 2.47. The van der Waals surface area contributed by atoms with E-state index in [1.165, 1.54) is 11.3 Å². The molecular weight excluding hydrogens is 350 g/mol. The van der Waals surface area contributed by atoms with Gasteiger partial charge in [-0.15, -0.1) is 0 Å². The number of hydrogen-bond acceptors (Lipinski definition) is 5. The van der Waals surface area contributed by atoms with Crippen molar-refractivity contribution in [3.8, 4) is 0 Å². The third-order valence-corrected chi connectivity index (χ3v) is 5.89. The van der Waals surface area contributed by atoms with E-state index in [4.69, 9.17) is 0 Å². The van der Waals surface area contributed by atoms with Crippen molar-refractivity contribution < 1.29 is 14.4 Å². The molecule has 1 N–H and O–H groups in total. The Balaban J connectivity index is 1.48. The van der Waals surface area contributed by atoms with Gasteiger partial charge in [0.05, 0.1) is 22.1 Å². The Morgan fingerprint density at radius 2 is 1.85 bits per heavy atom. The average molecular weight is 369 g/mol. The van der Waals surface area contributed by atoms with Crippen LogP contribution in [0, 0.1) is 25.7 Å². The first kappa shape index (κ1) is 16.9. The molecule has 2 aliphatic rings. The second-order valence-electron chi connectivity index (χ2n) is 6.91. The molecule has 0 bridgehead atoms. The summed E-state index contributed by atoms with van der Waals surface area (Å²) in [5.41, 5.74) is 3.06. The summed E-state index contributed by atoms with van der Waals surface area (Å²) < 4.78 is 1.00. The molecule has 26 heavy (non-hydrogen) atoms. The van der Waals surface area contributed by atoms with Crippen molar-refractivity contribution >= 4 is 44.4 Å². The number of nitrogens with one attached hydrogen (secondary N) is 1. The zero-order valence-electron chi connectivity index (χ0n) is 14.6. The number of nitrogens with zero attached hydrogens (tertiary/aromatic N) is 2. The number of allylic oxidation sites excluding steroid dienone is 2. The lowest BCUT2D eigenvalue weighted by Gasteiger charge is -2.14. The number of anilines is 1. The molecular formula is C19H19N3O3S. The van der Waals surface area contributed by atoms with E-state index in [2.05, 4.69) is 10.3 Å². The highest BCUT2D eigenvalue weighted by molar-refractivity contribution is 7.22. The summed E-state index contributed by atoms with van der Waals surface area (Å²) in [6, 6.07) is 4.08. The van der Waals surface area contributed by atoms with Crippen LogP contribution >= 0.6 is 11.3 Å². The molecule has 2 unspecified atom stereocenters. The largest absolute Gasteiger partial charge is 0.300 e. The van der Waals surface area contributed by atoms with E-state index in [9.17, 15) is 14.4 Å². The number of thiazole rings is 1. The topological polar surface area (TPSA) is 79.4 Å². The quantitative estimate of drug-likeness (QED) is 0.666. The number of aromatic nitrogens is 1. The minimum Gasteiger partial charge on any atom is -0.300 e. The number of fused-ring (bicyclic) bond motifs is 2. The Kier molecular flexibility index (Phi) is 4.11. The number of benzene rings is 1. The summed E-state index contributed by atoms with van der Waals surface area (Å²) in [6.07, 6.45) is 5.01. The molecule has 1 aliphatic heterocycles. The van der Waals surface area contributed by atoms with Crippen molar-refractivity contribution in [1.82, 2.24) is 9.88 Å². The van der Waals surface area contributed by atoms with Crippen molar-refractivity contribution in [3.05, 3.63) is 35.4 Å². The first-order chi connectivity index (χ1) is 12.4. The second-order valence-corrected chi connectivity index (χ2v) is 7.94. The summed E-state index contributed by atoms with van der Waals surface area (Å²) in [7, 11) is 0. The summed E-state index contributed by atoms with van der Waals surface area (Å²) in [6.45, 7) is 3.75. The fourth-order valence-electron chi connectivity index (χ4n) is 3.75. The van der Waals surface area contributed by atoms with E-state index in [0.29, 0.717) is 18.0 Å². The molecule has 1 aromatic heterocycles. The van der Waals surface area contributed by atoms with E-state index >= 15 is 0 Å². The third-order valence-electron chi connectivity index (χ3n) is 4.98. The minimum atomic E-state index is -0.397. The van der Waals surface area contributed by atoms with Gasteiger partial charge in [0.2, 0.25) is 17.7 Å². The highest BCUT2D eigenvalue weighted by atomic mass is 32.1. The monoisotopic (exact) mass is 369 g/mol. The number of carbonyl (C=O) groups excluding carboxylic acids is 3. The first-order valence-corrected chi connectivity index (χ1v) is 9.43. The molecule has 1 saturated heterocycles. The third kappa shape index (κ3) is 2.82. The maximum Gasteiger partial charge on any atom is 0.246 e. The van der Waals surface area contributed by atoms with Crippen LogP contribution in [0.25, 0.3) is 10.2 Å². The molecule has 4 rings (SSSR count). The van der Waals surface area contributed by atoms with Gasteiger partial charge in [0.1, 0.15) is 6.54 Å². The lowest BCUT2D eigenvalue weighted by molar-refractivity contribution is -0.142. The van der Waals surface area contributed by atoms with Crippen LogP contribution in [-0.2, 0) is 14.4 Å². The zero-order chi connectivity index (χ0) is 18.4. The fraction of sp³-hybridized carbons (Fsp3) is 0.368. The smallest absolute Gasteiger partial charge is 0.246 e. The Morgan fingerprint density at radius 1 is 1.19 bits per heavy atom. The van der Waals surface area contributed by atoms with Gasteiger partial charge in [0.15, 0.2) is 5.13 Å². The molecule has 2 aromatic rings. The van der Waals surface area contributed by atoms with Gasteiger partial charge in [-0.25, -0.2) is 4.98 Å². The van der Waals surface area contributed by atoms with Crippen molar-refractivity contribution in [3.63, 3.8) is 0 Å². The van der Waals surface area contributed by atoms with Gasteiger partial charge in [0, 0.05) is 0 Å². The standard InChI is InChI=1S/C19H19N3O3S/c1-10-7-11(2)16-14(8-10)26-19(21-16)20-15(23)9-22-17(24)12-5-3-4-6-13(12)18(22)25/h3-4,7-8,12-13H,5-6,9H2,1-2H3,(H,20,21,23). The molecule has 0 saturated carbocycles. The predicted molar refractivity (Wildman–Crippen MR) is 99.8 cm³/mol. The Hall–Kier alpha value is -2.54. The van der Waals surface area contributed by atoms with E-state index in [1.54, 1.807) is 0 Å². The van der Waals surface area contributed by atoms with Crippen molar-refractivity contribution in [2.24, 2.45) is 11.8 Å². The van der Waals surface area contributed by atoms with Crippen molar-refractivity contribution in [2.75, 3.05) is 11.9 Å². The van der Waals surface area contributed by atoms with Crippen molar-refractivity contribution in [1.29, 1.82) is 0 Å². The molecule has 2 heterocycles. The molecule has 3 amide bonds. The highest BCUT2D eigenvalue weighted by Crippen LogP contribution is 2.35. The number of hydrogen-bond donors (Lipinski definition) is 1. The van der Waals surface area contributed by atoms with Crippen LogP contribution in [0.4, 0.5) is 5.13 Å². The van der Waals surface area contributed by atoms with E-state index in [0.717, 1.165) is 26.2 Å². The molecule has 6 nitrogen and oxygen atoms in total. The normalized spacial score (nSPS) is 22.2. The Bertz CT molecular complexity index is 936. The molecule has 1 aliphatic carbocycles. The van der Waals surface area contributed by atoms with Gasteiger partial charge in [0.25, 0.3) is 0 Å². The molecule has 0 spiro atoms. The van der Waals surface area contributed by atoms with Crippen molar-refractivity contribution in [2.45, 2.75) is 26.7 Å². The number of rotatable bonds is 3. The number of amides is 3. The van der Waals surface area contributed by atoms with E-state index in [1.807, 2.05) is 38.1 Å². The van der Waals surface area contributed by atoms with Gasteiger partial charge in [-0.2, -0.15) is 0 Å². The second kappa shape index (κ2) is 6.32. The van der Waals surface area contributed by atoms with Crippen LogP contribution in [-0.4, -0.2) is 34.2 Å². The lowest BCUT2D eigenvalue weighted by atomic mass is 9.85. The first-order valence-electron chi connectivity index (χ1n) is 8.62. The molecule has 7 heteroatoms. The van der Waals surface area contributed by atoms with Crippen LogP contribution in [0.15, 0.2) is 24.3 Å². The Labute approximate surface area is 154 Å². The summed E-state index contributed by atoms with van der Waals surface area (Å²) in [4.78, 5) is 42.8. The molecule has 134 valence electrons. The fourth-order valence-corrected chi connectivity index (χ4v) is 4.81. The maximum atomic E-state index is 12.4. The summed E-state index contributed by atoms with van der Waals surface area (Å²) in [5, 5.41) is 3.22. The Morgan fingerprint density at radius 3 is 2.50 bits per heavy atom. The van der Waals surface area contributed by atoms with Crippen LogP contribution in [0.3, 0.4) is 0 Å². The predicted octanol–water partition coefficient (Wildman–Crippen LogP) is 2.80. The van der Waals surface area contributed by atoms with Gasteiger partial charge >= 0.3 is 0 Å². The van der Waals surface area contributed by atoms with Gasteiger partial charge in [-0.3, -0.25) is 19.3 Å². The molecule has 2 atom stereocenters. The van der Waals surface area contributed by atoms with E-state index in [-0.39, 0.29) is 30.2 Å². The number of aryl methyl sites for hydroxylation is 2. The molecule has 1 fully saturated rings. The van der Waals surface area contributed by atoms with Crippen LogP contribution in [0.1, 0.15) is 24.0 Å². The molecule has 0 radical (unpaired) electrons. The van der Waals surface area contributed by atoms with Gasteiger partial charge in [-0.05, 0) is 43.9 Å². The van der Waals surface area contributed by atoms with Gasteiger partial charge in [-0.1, -0.05) is 29.6 Å². The van der Waals surface area contributed by atoms with Gasteiger partial charge < -0.3 is 5.32 Å². The lowest BCUT2D eigenvalue weighted by Crippen LogP contribution is -2.38. The molecule has 1 aromatic carbocycles.